The van der Waals surface area contributed by atoms with E-state index in [-0.39, 0.29) is 11.9 Å². The Labute approximate surface area is 169 Å². The minimum Gasteiger partial charge on any atom is -0.469 e. The molecule has 2 saturated heterocycles. The van der Waals surface area contributed by atoms with Crippen molar-refractivity contribution >= 4 is 33.3 Å². The third kappa shape index (κ3) is 3.86. The van der Waals surface area contributed by atoms with Crippen LogP contribution in [0.4, 0.5) is 5.82 Å². The van der Waals surface area contributed by atoms with Crippen molar-refractivity contribution in [2.45, 2.75) is 33.2 Å². The normalized spacial score (nSPS) is 19.3. The molecule has 8 heteroatoms. The van der Waals surface area contributed by atoms with Gasteiger partial charge in [-0.25, -0.2) is 9.97 Å². The van der Waals surface area contributed by atoms with Gasteiger partial charge in [-0.1, -0.05) is 0 Å². The van der Waals surface area contributed by atoms with E-state index in [4.69, 9.17) is 19.4 Å². The molecule has 0 aliphatic carbocycles. The number of aryl methyl sites for hydroxylation is 2. The zero-order valence-corrected chi connectivity index (χ0v) is 17.7. The molecule has 0 unspecified atom stereocenters. The van der Waals surface area contributed by atoms with E-state index in [0.29, 0.717) is 0 Å². The molecule has 2 aromatic heterocycles. The molecule has 2 aliphatic rings. The smallest absolute Gasteiger partial charge is 0.308 e. The summed E-state index contributed by atoms with van der Waals surface area (Å²) in [4.78, 5) is 28.8. The number of fused-ring (bicyclic) bond motifs is 1. The van der Waals surface area contributed by atoms with Crippen LogP contribution in [0.15, 0.2) is 0 Å². The summed E-state index contributed by atoms with van der Waals surface area (Å²) in [7, 11) is 1.47. The van der Waals surface area contributed by atoms with E-state index in [1.807, 2.05) is 0 Å². The van der Waals surface area contributed by atoms with Gasteiger partial charge < -0.3 is 14.4 Å². The SMILES string of the molecule is COC(=O)C1CCN(c2nc(CN3CCOCC3)nc3sc(C)c(C)c23)CC1. The van der Waals surface area contributed by atoms with Crippen LogP contribution < -0.4 is 4.90 Å². The number of ether oxygens (including phenoxy) is 2. The first kappa shape index (κ1) is 19.5. The maximum absolute atomic E-state index is 11.9. The summed E-state index contributed by atoms with van der Waals surface area (Å²) in [6.45, 7) is 10.1. The number of anilines is 1. The summed E-state index contributed by atoms with van der Waals surface area (Å²) in [5, 5.41) is 1.17. The lowest BCUT2D eigenvalue weighted by Crippen LogP contribution is -2.38. The van der Waals surface area contributed by atoms with Crippen LogP contribution >= 0.6 is 11.3 Å². The molecule has 7 nitrogen and oxygen atoms in total. The van der Waals surface area contributed by atoms with Gasteiger partial charge in [0.15, 0.2) is 0 Å². The van der Waals surface area contributed by atoms with Crippen LogP contribution in [0.3, 0.4) is 0 Å². The van der Waals surface area contributed by atoms with Crippen molar-refractivity contribution < 1.29 is 14.3 Å². The van der Waals surface area contributed by atoms with Gasteiger partial charge >= 0.3 is 5.97 Å². The Morgan fingerprint density at radius 1 is 1.18 bits per heavy atom. The van der Waals surface area contributed by atoms with Gasteiger partial charge in [-0.15, -0.1) is 11.3 Å². The first-order chi connectivity index (χ1) is 13.6. The van der Waals surface area contributed by atoms with Crippen molar-refractivity contribution in [1.82, 2.24) is 14.9 Å². The molecule has 0 bridgehead atoms. The molecule has 0 aromatic carbocycles. The number of thiophene rings is 1. The fraction of sp³-hybridized carbons (Fsp3) is 0.650. The molecule has 0 spiro atoms. The second-order valence-corrected chi connectivity index (χ2v) is 8.80. The van der Waals surface area contributed by atoms with Gasteiger partial charge in [0.25, 0.3) is 0 Å². The number of hydrogen-bond donors (Lipinski definition) is 0. The van der Waals surface area contributed by atoms with Crippen molar-refractivity contribution in [3.8, 4) is 0 Å². The van der Waals surface area contributed by atoms with Crippen LogP contribution in [-0.4, -0.2) is 67.3 Å². The van der Waals surface area contributed by atoms with E-state index >= 15 is 0 Å². The number of rotatable bonds is 4. The maximum Gasteiger partial charge on any atom is 0.308 e. The fourth-order valence-corrected chi connectivity index (χ4v) is 5.07. The Kier molecular flexibility index (Phi) is 5.80. The molecule has 2 fully saturated rings. The lowest BCUT2D eigenvalue weighted by atomic mass is 9.97. The van der Waals surface area contributed by atoms with Crippen molar-refractivity contribution in [2.75, 3.05) is 51.4 Å². The summed E-state index contributed by atoms with van der Waals surface area (Å²) in [5.41, 5.74) is 1.27. The largest absolute Gasteiger partial charge is 0.469 e. The highest BCUT2D eigenvalue weighted by Crippen LogP contribution is 2.36. The Morgan fingerprint density at radius 3 is 2.57 bits per heavy atom. The number of aromatic nitrogens is 2. The number of esters is 1. The van der Waals surface area contributed by atoms with Gasteiger partial charge in [-0.3, -0.25) is 9.69 Å². The van der Waals surface area contributed by atoms with Gasteiger partial charge in [-0.05, 0) is 32.3 Å². The molecule has 2 aromatic rings. The highest BCUT2D eigenvalue weighted by atomic mass is 32.1. The predicted molar refractivity (Wildman–Crippen MR) is 110 cm³/mol. The summed E-state index contributed by atoms with van der Waals surface area (Å²) >= 11 is 1.75. The van der Waals surface area contributed by atoms with Crippen LogP contribution in [0.1, 0.15) is 29.1 Å². The number of carbonyl (C=O) groups excluding carboxylic acids is 1. The summed E-state index contributed by atoms with van der Waals surface area (Å²) in [5.74, 6) is 1.80. The van der Waals surface area contributed by atoms with Crippen molar-refractivity contribution in [3.63, 3.8) is 0 Å². The number of piperidine rings is 1. The summed E-state index contributed by atoms with van der Waals surface area (Å²) in [6.07, 6.45) is 1.61. The molecule has 28 heavy (non-hydrogen) atoms. The molecule has 0 saturated carbocycles. The quantitative estimate of drug-likeness (QED) is 0.726. The van der Waals surface area contributed by atoms with E-state index in [1.54, 1.807) is 11.3 Å². The number of morpholine rings is 1. The zero-order chi connectivity index (χ0) is 19.7. The Morgan fingerprint density at radius 2 is 1.89 bits per heavy atom. The van der Waals surface area contributed by atoms with Gasteiger partial charge in [0.2, 0.25) is 0 Å². The van der Waals surface area contributed by atoms with E-state index in [1.165, 1.54) is 22.9 Å². The zero-order valence-electron chi connectivity index (χ0n) is 16.9. The predicted octanol–water partition coefficient (Wildman–Crippen LogP) is 2.53. The lowest BCUT2D eigenvalue weighted by Gasteiger charge is -2.32. The van der Waals surface area contributed by atoms with Crippen molar-refractivity contribution in [2.24, 2.45) is 5.92 Å². The lowest BCUT2D eigenvalue weighted by molar-refractivity contribution is -0.146. The van der Waals surface area contributed by atoms with Crippen LogP contribution in [0.25, 0.3) is 10.2 Å². The van der Waals surface area contributed by atoms with Gasteiger partial charge in [0.05, 0.1) is 38.2 Å². The molecule has 4 rings (SSSR count). The van der Waals surface area contributed by atoms with E-state index in [0.717, 1.165) is 75.3 Å². The highest BCUT2D eigenvalue weighted by Gasteiger charge is 2.28. The molecule has 152 valence electrons. The van der Waals surface area contributed by atoms with E-state index in [9.17, 15) is 4.79 Å². The number of hydrogen-bond acceptors (Lipinski definition) is 8. The third-order valence-corrected chi connectivity index (χ3v) is 6.95. The minimum atomic E-state index is -0.0944. The van der Waals surface area contributed by atoms with Crippen molar-refractivity contribution in [3.05, 3.63) is 16.3 Å². The second-order valence-electron chi connectivity index (χ2n) is 7.60. The summed E-state index contributed by atoms with van der Waals surface area (Å²) < 4.78 is 10.4. The molecule has 2 aliphatic heterocycles. The molecule has 4 heterocycles. The minimum absolute atomic E-state index is 0.00305. The first-order valence-electron chi connectivity index (χ1n) is 9.96. The molecule has 0 atom stereocenters. The van der Waals surface area contributed by atoms with Crippen molar-refractivity contribution in [1.29, 1.82) is 0 Å². The van der Waals surface area contributed by atoms with Gasteiger partial charge in [0.1, 0.15) is 16.5 Å². The van der Waals surface area contributed by atoms with Crippen LogP contribution in [0.5, 0.6) is 0 Å². The third-order valence-electron chi connectivity index (χ3n) is 5.85. The van der Waals surface area contributed by atoms with Gasteiger partial charge in [-0.2, -0.15) is 0 Å². The average molecular weight is 405 g/mol. The highest BCUT2D eigenvalue weighted by molar-refractivity contribution is 7.18. The Hall–Kier alpha value is -1.77. The monoisotopic (exact) mass is 404 g/mol. The second kappa shape index (κ2) is 8.31. The fourth-order valence-electron chi connectivity index (χ4n) is 4.02. The van der Waals surface area contributed by atoms with Crippen LogP contribution in [-0.2, 0) is 20.8 Å². The van der Waals surface area contributed by atoms with Crippen LogP contribution in [0, 0.1) is 19.8 Å². The standard InChI is InChI=1S/C20H28N4O3S/c1-13-14(2)28-19-17(13)18(24-6-4-15(5-7-24)20(25)26-3)21-16(22-19)12-23-8-10-27-11-9-23/h15H,4-12H2,1-3H3. The maximum atomic E-state index is 11.9. The molecule has 0 amide bonds. The number of methoxy groups -OCH3 is 1. The summed E-state index contributed by atoms with van der Waals surface area (Å²) in [6, 6.07) is 0. The Balaban J connectivity index is 1.63. The van der Waals surface area contributed by atoms with Crippen LogP contribution in [0.2, 0.25) is 0 Å². The molecule has 0 radical (unpaired) electrons. The first-order valence-corrected chi connectivity index (χ1v) is 10.8. The average Bonchev–Trinajstić information content (AvgIpc) is 3.01. The molecule has 0 N–H and O–H groups in total. The number of carbonyl (C=O) groups is 1. The number of nitrogens with zero attached hydrogens (tertiary/aromatic N) is 4. The topological polar surface area (TPSA) is 67.8 Å². The van der Waals surface area contributed by atoms with Gasteiger partial charge in [0, 0.05) is 31.1 Å². The molecular formula is C20H28N4O3S. The van der Waals surface area contributed by atoms with E-state index < -0.39 is 0 Å². The molecular weight excluding hydrogens is 376 g/mol. The van der Waals surface area contributed by atoms with E-state index in [2.05, 4.69) is 23.6 Å². The Bertz CT molecular complexity index is 855.